The summed E-state index contributed by atoms with van der Waals surface area (Å²) in [5.41, 5.74) is 1.55. The monoisotopic (exact) mass is 266 g/mol. The second kappa shape index (κ2) is 7.27. The molecule has 1 aliphatic heterocycles. The minimum atomic E-state index is 1.01. The molecule has 1 saturated heterocycles. The van der Waals surface area contributed by atoms with Gasteiger partial charge >= 0.3 is 0 Å². The van der Waals surface area contributed by atoms with Crippen LogP contribution in [0.2, 0.25) is 0 Å². The van der Waals surface area contributed by atoms with Gasteiger partial charge in [-0.1, -0.05) is 19.3 Å². The van der Waals surface area contributed by atoms with Crippen LogP contribution < -0.4 is 5.32 Å². The molecule has 1 aliphatic rings. The largest absolute Gasteiger partial charge is 0.315 e. The highest BCUT2D eigenvalue weighted by molar-refractivity contribution is 7.12. The smallest absolute Gasteiger partial charge is 0.0296 e. The minimum absolute atomic E-state index is 1.01. The van der Waals surface area contributed by atoms with E-state index < -0.39 is 0 Å². The summed E-state index contributed by atoms with van der Waals surface area (Å²) in [6.45, 7) is 7.01. The highest BCUT2D eigenvalue weighted by Gasteiger charge is 2.12. The van der Waals surface area contributed by atoms with Crippen molar-refractivity contribution in [3.63, 3.8) is 0 Å². The molecule has 0 spiro atoms. The second-order valence-electron chi connectivity index (χ2n) is 5.37. The molecule has 1 fully saturated rings. The molecule has 0 unspecified atom stereocenters. The Kier molecular flexibility index (Phi) is 5.67. The molecule has 0 saturated carbocycles. The number of rotatable bonds is 4. The van der Waals surface area contributed by atoms with Crippen LogP contribution in [0.4, 0.5) is 0 Å². The molecule has 3 heteroatoms. The van der Waals surface area contributed by atoms with E-state index in [0.717, 1.165) is 13.1 Å². The van der Waals surface area contributed by atoms with Gasteiger partial charge in [0.25, 0.3) is 0 Å². The lowest BCUT2D eigenvalue weighted by molar-refractivity contribution is 0.239. The first-order valence-electron chi connectivity index (χ1n) is 7.24. The third kappa shape index (κ3) is 4.08. The fraction of sp³-hybridized carbons (Fsp3) is 0.733. The quantitative estimate of drug-likeness (QED) is 0.896. The molecule has 2 rings (SSSR count). The van der Waals surface area contributed by atoms with Crippen molar-refractivity contribution >= 4 is 11.3 Å². The van der Waals surface area contributed by atoms with Gasteiger partial charge in [-0.3, -0.25) is 4.90 Å². The van der Waals surface area contributed by atoms with Crippen LogP contribution in [0.25, 0.3) is 0 Å². The van der Waals surface area contributed by atoms with Crippen LogP contribution in [0.3, 0.4) is 0 Å². The van der Waals surface area contributed by atoms with Crippen LogP contribution in [0.1, 0.15) is 47.4 Å². The fourth-order valence-electron chi connectivity index (χ4n) is 2.72. The maximum Gasteiger partial charge on any atom is 0.0296 e. The van der Waals surface area contributed by atoms with E-state index in [9.17, 15) is 0 Å². The Morgan fingerprint density at radius 2 is 1.83 bits per heavy atom. The maximum atomic E-state index is 3.24. The number of hydrogen-bond donors (Lipinski definition) is 1. The summed E-state index contributed by atoms with van der Waals surface area (Å²) < 4.78 is 0. The Bertz CT molecular complexity index is 351. The molecule has 2 nitrogen and oxygen atoms in total. The van der Waals surface area contributed by atoms with Crippen LogP contribution in [0, 0.1) is 6.92 Å². The van der Waals surface area contributed by atoms with Crippen molar-refractivity contribution in [2.75, 3.05) is 20.1 Å². The lowest BCUT2D eigenvalue weighted by atomic mass is 10.1. The van der Waals surface area contributed by atoms with E-state index in [1.165, 1.54) is 54.9 Å². The van der Waals surface area contributed by atoms with Crippen molar-refractivity contribution in [1.82, 2.24) is 10.2 Å². The summed E-state index contributed by atoms with van der Waals surface area (Å²) in [6, 6.07) is 2.40. The molecule has 0 bridgehead atoms. The lowest BCUT2D eigenvalue weighted by Gasteiger charge is -2.24. The number of hydrogen-bond acceptors (Lipinski definition) is 3. The fourth-order valence-corrected chi connectivity index (χ4v) is 3.78. The summed E-state index contributed by atoms with van der Waals surface area (Å²) in [5.74, 6) is 0. The summed E-state index contributed by atoms with van der Waals surface area (Å²) >= 11 is 1.95. The molecule has 0 aliphatic carbocycles. The molecule has 2 heterocycles. The van der Waals surface area contributed by atoms with E-state index in [0.29, 0.717) is 0 Å². The van der Waals surface area contributed by atoms with Crippen molar-refractivity contribution in [1.29, 1.82) is 0 Å². The minimum Gasteiger partial charge on any atom is -0.315 e. The molecule has 1 N–H and O–H groups in total. The molecule has 18 heavy (non-hydrogen) atoms. The van der Waals surface area contributed by atoms with Crippen molar-refractivity contribution in [2.24, 2.45) is 0 Å². The number of likely N-dealkylation sites (tertiary alicyclic amines) is 1. The second-order valence-corrected chi connectivity index (χ2v) is 6.71. The highest BCUT2D eigenvalue weighted by Crippen LogP contribution is 2.23. The van der Waals surface area contributed by atoms with Gasteiger partial charge in [-0.05, 0) is 51.5 Å². The summed E-state index contributed by atoms with van der Waals surface area (Å²) in [4.78, 5) is 5.62. The molecular formula is C15H26N2S. The van der Waals surface area contributed by atoms with Gasteiger partial charge in [-0.2, -0.15) is 0 Å². The van der Waals surface area contributed by atoms with Crippen LogP contribution in [0.5, 0.6) is 0 Å². The van der Waals surface area contributed by atoms with E-state index in [1.54, 1.807) is 5.56 Å². The van der Waals surface area contributed by atoms with E-state index in [1.807, 2.05) is 18.4 Å². The zero-order valence-corrected chi connectivity index (χ0v) is 12.6. The molecule has 1 aromatic heterocycles. The van der Waals surface area contributed by atoms with E-state index >= 15 is 0 Å². The molecule has 0 amide bonds. The molecule has 0 atom stereocenters. The zero-order valence-electron chi connectivity index (χ0n) is 11.8. The Labute approximate surface area is 115 Å². The number of aryl methyl sites for hydroxylation is 1. The Hall–Kier alpha value is -0.380. The van der Waals surface area contributed by atoms with Gasteiger partial charge in [0.05, 0.1) is 0 Å². The van der Waals surface area contributed by atoms with Crippen LogP contribution in [-0.2, 0) is 13.1 Å². The Balaban J connectivity index is 1.94. The Morgan fingerprint density at radius 3 is 2.50 bits per heavy atom. The van der Waals surface area contributed by atoms with Crippen LogP contribution in [-0.4, -0.2) is 25.0 Å². The van der Waals surface area contributed by atoms with E-state index in [2.05, 4.69) is 23.2 Å². The standard InChI is InChI=1S/C15H26N2S/c1-13-14(10-15(18-13)11-16-2)12-17-8-6-4-3-5-7-9-17/h10,16H,3-9,11-12H2,1-2H3. The molecule has 102 valence electrons. The van der Waals surface area contributed by atoms with Crippen molar-refractivity contribution in [3.05, 3.63) is 21.4 Å². The SMILES string of the molecule is CNCc1cc(CN2CCCCCCC2)c(C)s1. The average molecular weight is 266 g/mol. The topological polar surface area (TPSA) is 15.3 Å². The van der Waals surface area contributed by atoms with Gasteiger partial charge in [0.1, 0.15) is 0 Å². The zero-order chi connectivity index (χ0) is 12.8. The first-order valence-corrected chi connectivity index (χ1v) is 8.06. The molecular weight excluding hydrogens is 240 g/mol. The predicted octanol–water partition coefficient (Wildman–Crippen LogP) is 3.54. The first-order chi connectivity index (χ1) is 8.79. The molecule has 0 radical (unpaired) electrons. The van der Waals surface area contributed by atoms with Crippen molar-refractivity contribution in [3.8, 4) is 0 Å². The summed E-state index contributed by atoms with van der Waals surface area (Å²) in [7, 11) is 2.02. The van der Waals surface area contributed by atoms with Crippen LogP contribution in [0.15, 0.2) is 6.07 Å². The van der Waals surface area contributed by atoms with Gasteiger partial charge < -0.3 is 5.32 Å². The van der Waals surface area contributed by atoms with Gasteiger partial charge in [0.2, 0.25) is 0 Å². The van der Waals surface area contributed by atoms with Gasteiger partial charge in [0, 0.05) is 22.8 Å². The third-order valence-electron chi connectivity index (χ3n) is 3.77. The first kappa shape index (κ1) is 14.0. The van der Waals surface area contributed by atoms with E-state index in [-0.39, 0.29) is 0 Å². The van der Waals surface area contributed by atoms with Crippen molar-refractivity contribution in [2.45, 2.75) is 52.1 Å². The summed E-state index contributed by atoms with van der Waals surface area (Å²) in [5, 5.41) is 3.24. The Morgan fingerprint density at radius 1 is 1.17 bits per heavy atom. The third-order valence-corrected chi connectivity index (χ3v) is 4.86. The predicted molar refractivity (Wildman–Crippen MR) is 80.2 cm³/mol. The summed E-state index contributed by atoms with van der Waals surface area (Å²) in [6.07, 6.45) is 7.05. The maximum absolute atomic E-state index is 3.24. The molecule has 0 aromatic carbocycles. The number of thiophene rings is 1. The lowest BCUT2D eigenvalue weighted by Crippen LogP contribution is -2.26. The number of nitrogens with one attached hydrogen (secondary N) is 1. The number of nitrogens with zero attached hydrogens (tertiary/aromatic N) is 1. The van der Waals surface area contributed by atoms with Gasteiger partial charge in [-0.25, -0.2) is 0 Å². The highest BCUT2D eigenvalue weighted by atomic mass is 32.1. The van der Waals surface area contributed by atoms with Crippen molar-refractivity contribution < 1.29 is 0 Å². The average Bonchev–Trinajstić information content (AvgIpc) is 2.63. The van der Waals surface area contributed by atoms with Crippen LogP contribution >= 0.6 is 11.3 Å². The van der Waals surface area contributed by atoms with Gasteiger partial charge in [-0.15, -0.1) is 11.3 Å². The normalized spacial score (nSPS) is 18.6. The van der Waals surface area contributed by atoms with Gasteiger partial charge in [0.15, 0.2) is 0 Å². The molecule has 1 aromatic rings. The van der Waals surface area contributed by atoms with E-state index in [4.69, 9.17) is 0 Å².